The molecule has 0 saturated carbocycles. The Bertz CT molecular complexity index is 1190. The van der Waals surface area contributed by atoms with Crippen molar-refractivity contribution in [2.75, 3.05) is 31.7 Å². The molecule has 0 amide bonds. The van der Waals surface area contributed by atoms with Crippen molar-refractivity contribution in [3.05, 3.63) is 63.1 Å². The lowest BCUT2D eigenvalue weighted by Gasteiger charge is -2.41. The van der Waals surface area contributed by atoms with Crippen LogP contribution in [0.5, 0.6) is 0 Å². The van der Waals surface area contributed by atoms with E-state index in [4.69, 9.17) is 4.74 Å². The fraction of sp³-hybridized carbons (Fsp3) is 0.613. The number of aryl methyl sites for hydroxylation is 1. The zero-order valence-electron chi connectivity index (χ0n) is 25.6. The normalized spacial score (nSPS) is 21.4. The largest absolute Gasteiger partial charge is 0.471 e. The second-order valence-electron chi connectivity index (χ2n) is 12.2. The number of rotatable bonds is 6. The molecule has 6 heteroatoms. The smallest absolute Gasteiger partial charge is 0.181 e. The summed E-state index contributed by atoms with van der Waals surface area (Å²) in [5.74, 6) is 1.01. The number of hydrogen-bond acceptors (Lipinski definition) is 6. The van der Waals surface area contributed by atoms with E-state index >= 15 is 0 Å². The van der Waals surface area contributed by atoms with Crippen molar-refractivity contribution in [3.8, 4) is 0 Å². The molecule has 1 aromatic rings. The van der Waals surface area contributed by atoms with Crippen LogP contribution in [0.25, 0.3) is 0 Å². The van der Waals surface area contributed by atoms with E-state index in [0.717, 1.165) is 32.1 Å². The van der Waals surface area contributed by atoms with Crippen molar-refractivity contribution in [1.29, 1.82) is 0 Å². The van der Waals surface area contributed by atoms with Crippen LogP contribution in [0.3, 0.4) is 0 Å². The predicted molar refractivity (Wildman–Crippen MR) is 154 cm³/mol. The molecule has 0 radical (unpaired) electrons. The molecule has 3 aliphatic heterocycles. The SMILES string of the molecule is CC1=C(C)N(c2c(C)ccc(CN3CN(CCN4C(C)=C(C)N(C)C4(C)C)C(C)=C3C)c2C)C(C)(C)O1. The molecule has 0 saturated heterocycles. The van der Waals surface area contributed by atoms with Gasteiger partial charge in [-0.3, -0.25) is 0 Å². The summed E-state index contributed by atoms with van der Waals surface area (Å²) in [5, 5.41) is 0. The number of benzene rings is 1. The minimum Gasteiger partial charge on any atom is -0.471 e. The molecule has 6 nitrogen and oxygen atoms in total. The summed E-state index contributed by atoms with van der Waals surface area (Å²) < 4.78 is 6.23. The Morgan fingerprint density at radius 3 is 1.92 bits per heavy atom. The molecule has 0 aromatic heterocycles. The van der Waals surface area contributed by atoms with Crippen molar-refractivity contribution < 1.29 is 4.74 Å². The molecule has 0 spiro atoms. The Hall–Kier alpha value is -2.76. The summed E-state index contributed by atoms with van der Waals surface area (Å²) in [6, 6.07) is 4.59. The first-order valence-corrected chi connectivity index (χ1v) is 13.7. The summed E-state index contributed by atoms with van der Waals surface area (Å²) >= 11 is 0. The van der Waals surface area contributed by atoms with Gasteiger partial charge in [-0.2, -0.15) is 0 Å². The van der Waals surface area contributed by atoms with E-state index in [1.807, 2.05) is 0 Å². The third-order valence-corrected chi connectivity index (χ3v) is 9.44. The number of allylic oxidation sites excluding steroid dienone is 6. The highest BCUT2D eigenvalue weighted by molar-refractivity contribution is 5.67. The first-order chi connectivity index (χ1) is 17.1. The minimum absolute atomic E-state index is 0.00759. The molecule has 0 bridgehead atoms. The molecule has 0 atom stereocenters. The predicted octanol–water partition coefficient (Wildman–Crippen LogP) is 6.69. The van der Waals surface area contributed by atoms with E-state index in [9.17, 15) is 0 Å². The van der Waals surface area contributed by atoms with Gasteiger partial charge in [-0.25, -0.2) is 0 Å². The average molecular weight is 508 g/mol. The zero-order valence-corrected chi connectivity index (χ0v) is 25.6. The van der Waals surface area contributed by atoms with Gasteiger partial charge in [0.15, 0.2) is 5.72 Å². The Kier molecular flexibility index (Phi) is 6.79. The maximum Gasteiger partial charge on any atom is 0.181 e. The first kappa shape index (κ1) is 27.3. The lowest BCUT2D eigenvalue weighted by atomic mass is 9.99. The lowest BCUT2D eigenvalue weighted by Crippen LogP contribution is -2.50. The highest BCUT2D eigenvalue weighted by Gasteiger charge is 2.40. The molecule has 0 N–H and O–H groups in total. The van der Waals surface area contributed by atoms with Crippen LogP contribution in [-0.4, -0.2) is 57.8 Å². The summed E-state index contributed by atoms with van der Waals surface area (Å²) in [7, 11) is 2.21. The standard InChI is InChI=1S/C31H49N5O/c1-20-14-15-28(21(2)29(20)36-26(7)27(8)37-31(36,11)12)18-34-19-33(23(4)24(34)5)16-17-35-25(6)22(3)32(13)30(35,9)10/h14-15H,16-19H2,1-13H3. The first-order valence-electron chi connectivity index (χ1n) is 13.7. The molecule has 204 valence electrons. The topological polar surface area (TPSA) is 25.4 Å². The molecule has 0 fully saturated rings. The van der Waals surface area contributed by atoms with Gasteiger partial charge >= 0.3 is 0 Å². The van der Waals surface area contributed by atoms with E-state index in [1.54, 1.807) is 0 Å². The molecule has 0 unspecified atom stereocenters. The second-order valence-corrected chi connectivity index (χ2v) is 12.2. The summed E-state index contributed by atoms with van der Waals surface area (Å²) in [6.45, 7) is 30.6. The van der Waals surface area contributed by atoms with Gasteiger partial charge in [-0.15, -0.1) is 0 Å². The van der Waals surface area contributed by atoms with Gasteiger partial charge in [-0.1, -0.05) is 12.1 Å². The molecule has 3 aliphatic rings. The van der Waals surface area contributed by atoms with Crippen LogP contribution in [0.2, 0.25) is 0 Å². The maximum atomic E-state index is 6.23. The second kappa shape index (κ2) is 9.21. The van der Waals surface area contributed by atoms with Gasteiger partial charge in [0.05, 0.1) is 18.1 Å². The van der Waals surface area contributed by atoms with E-state index in [2.05, 4.69) is 127 Å². The fourth-order valence-electron chi connectivity index (χ4n) is 6.48. The Balaban J connectivity index is 1.52. The van der Waals surface area contributed by atoms with Crippen molar-refractivity contribution in [2.24, 2.45) is 0 Å². The van der Waals surface area contributed by atoms with E-state index < -0.39 is 0 Å². The van der Waals surface area contributed by atoms with Gasteiger partial charge in [0.2, 0.25) is 0 Å². The Morgan fingerprint density at radius 2 is 1.38 bits per heavy atom. The van der Waals surface area contributed by atoms with Gasteiger partial charge in [0, 0.05) is 49.5 Å². The number of anilines is 1. The quantitative estimate of drug-likeness (QED) is 0.426. The number of hydrogen-bond donors (Lipinski definition) is 0. The van der Waals surface area contributed by atoms with E-state index in [1.165, 1.54) is 50.9 Å². The Labute approximate surface area is 225 Å². The van der Waals surface area contributed by atoms with Crippen molar-refractivity contribution in [1.82, 2.24) is 19.6 Å². The highest BCUT2D eigenvalue weighted by atomic mass is 16.5. The maximum absolute atomic E-state index is 6.23. The molecular formula is C31H49N5O. The van der Waals surface area contributed by atoms with E-state index in [0.29, 0.717) is 0 Å². The van der Waals surface area contributed by atoms with Gasteiger partial charge in [-0.05, 0) is 99.8 Å². The number of nitrogens with zero attached hydrogens (tertiary/aromatic N) is 5. The zero-order chi connectivity index (χ0) is 27.6. The Morgan fingerprint density at radius 1 is 0.757 bits per heavy atom. The van der Waals surface area contributed by atoms with Crippen LogP contribution in [0, 0.1) is 13.8 Å². The monoisotopic (exact) mass is 507 g/mol. The van der Waals surface area contributed by atoms with Crippen LogP contribution in [-0.2, 0) is 11.3 Å². The van der Waals surface area contributed by atoms with Gasteiger partial charge in [0.25, 0.3) is 0 Å². The van der Waals surface area contributed by atoms with Crippen LogP contribution < -0.4 is 4.90 Å². The molecule has 4 rings (SSSR count). The van der Waals surface area contributed by atoms with Crippen LogP contribution in [0.4, 0.5) is 5.69 Å². The van der Waals surface area contributed by atoms with Crippen LogP contribution in [0.1, 0.15) is 85.9 Å². The third kappa shape index (κ3) is 4.36. The molecule has 37 heavy (non-hydrogen) atoms. The minimum atomic E-state index is -0.387. The van der Waals surface area contributed by atoms with Gasteiger partial charge < -0.3 is 29.2 Å². The molecular weight excluding hydrogens is 458 g/mol. The fourth-order valence-corrected chi connectivity index (χ4v) is 6.48. The van der Waals surface area contributed by atoms with Crippen LogP contribution in [0.15, 0.2) is 46.4 Å². The summed E-state index contributed by atoms with van der Waals surface area (Å²) in [5.41, 5.74) is 11.6. The van der Waals surface area contributed by atoms with E-state index in [-0.39, 0.29) is 11.4 Å². The highest BCUT2D eigenvalue weighted by Crippen LogP contribution is 2.42. The van der Waals surface area contributed by atoms with Crippen molar-refractivity contribution in [3.63, 3.8) is 0 Å². The van der Waals surface area contributed by atoms with Crippen molar-refractivity contribution in [2.45, 2.75) is 101 Å². The molecule has 3 heterocycles. The average Bonchev–Trinajstić information content (AvgIpc) is 3.25. The third-order valence-electron chi connectivity index (χ3n) is 9.44. The van der Waals surface area contributed by atoms with Crippen molar-refractivity contribution >= 4 is 5.69 Å². The lowest BCUT2D eigenvalue weighted by molar-refractivity contribution is 0.0622. The molecule has 1 aromatic carbocycles. The van der Waals surface area contributed by atoms with Gasteiger partial charge in [0.1, 0.15) is 11.4 Å². The number of ether oxygens (including phenoxy) is 1. The summed E-state index contributed by atoms with van der Waals surface area (Å²) in [6.07, 6.45) is 0. The van der Waals surface area contributed by atoms with Crippen LogP contribution >= 0.6 is 0 Å². The summed E-state index contributed by atoms with van der Waals surface area (Å²) in [4.78, 5) is 12.4. The molecule has 0 aliphatic carbocycles.